The maximum Gasteiger partial charge on any atom is 0.267 e. The number of likely N-dealkylation sites (tertiary alicyclic amines) is 1. The molecule has 0 N–H and O–H groups in total. The van der Waals surface area contributed by atoms with Gasteiger partial charge < -0.3 is 14.4 Å². The summed E-state index contributed by atoms with van der Waals surface area (Å²) in [6.45, 7) is 3.72. The highest BCUT2D eigenvalue weighted by Gasteiger charge is 2.34. The van der Waals surface area contributed by atoms with Crippen LogP contribution < -0.4 is 9.47 Å². The molecule has 6 nitrogen and oxygen atoms in total. The Bertz CT molecular complexity index is 743. The highest BCUT2D eigenvalue weighted by Crippen LogP contribution is 2.32. The molecule has 2 aromatic rings. The van der Waals surface area contributed by atoms with Gasteiger partial charge in [0.15, 0.2) is 11.5 Å². The number of para-hydroxylation sites is 2. The SMILES string of the molecule is Cc1cnn([C@H]2CCCN(C(=O)[C@H]3COc4ccccc4O3)C2)c1. The molecular weight excluding hydrogens is 306 g/mol. The Labute approximate surface area is 141 Å². The third kappa shape index (κ3) is 2.84. The molecule has 0 saturated carbocycles. The van der Waals surface area contributed by atoms with Crippen molar-refractivity contribution in [2.24, 2.45) is 0 Å². The Balaban J connectivity index is 1.45. The Morgan fingerprint density at radius 3 is 2.92 bits per heavy atom. The molecule has 2 aliphatic heterocycles. The van der Waals surface area contributed by atoms with Gasteiger partial charge in [-0.05, 0) is 37.5 Å². The van der Waals surface area contributed by atoms with Gasteiger partial charge in [-0.25, -0.2) is 0 Å². The molecule has 0 aliphatic carbocycles. The van der Waals surface area contributed by atoms with Crippen LogP contribution in [-0.4, -0.2) is 46.4 Å². The summed E-state index contributed by atoms with van der Waals surface area (Å²) in [6, 6.07) is 7.69. The molecule has 3 heterocycles. The summed E-state index contributed by atoms with van der Waals surface area (Å²) in [7, 11) is 0. The number of piperidine rings is 1. The lowest BCUT2D eigenvalue weighted by molar-refractivity contribution is -0.143. The molecule has 24 heavy (non-hydrogen) atoms. The Kier molecular flexibility index (Phi) is 3.88. The fourth-order valence-electron chi connectivity index (χ4n) is 3.35. The smallest absolute Gasteiger partial charge is 0.267 e. The van der Waals surface area contributed by atoms with E-state index in [0.717, 1.165) is 24.9 Å². The highest BCUT2D eigenvalue weighted by molar-refractivity contribution is 5.82. The van der Waals surface area contributed by atoms with Crippen LogP contribution in [0.3, 0.4) is 0 Å². The summed E-state index contributed by atoms with van der Waals surface area (Å²) in [6.07, 6.45) is 5.33. The number of nitrogens with zero attached hydrogens (tertiary/aromatic N) is 3. The van der Waals surface area contributed by atoms with Crippen molar-refractivity contribution in [3.05, 3.63) is 42.2 Å². The summed E-state index contributed by atoms with van der Waals surface area (Å²) in [5.74, 6) is 1.33. The molecule has 4 rings (SSSR count). The molecule has 126 valence electrons. The van der Waals surface area contributed by atoms with E-state index in [1.165, 1.54) is 0 Å². The Hall–Kier alpha value is -2.50. The summed E-state index contributed by atoms with van der Waals surface area (Å²) in [4.78, 5) is 14.7. The molecular formula is C18H21N3O3. The Morgan fingerprint density at radius 2 is 2.12 bits per heavy atom. The first-order valence-corrected chi connectivity index (χ1v) is 8.39. The van der Waals surface area contributed by atoms with Gasteiger partial charge in [0.2, 0.25) is 6.10 Å². The first kappa shape index (κ1) is 15.1. The molecule has 2 aliphatic rings. The van der Waals surface area contributed by atoms with Crippen LogP contribution in [0.5, 0.6) is 11.5 Å². The predicted octanol–water partition coefficient (Wildman–Crippen LogP) is 2.20. The van der Waals surface area contributed by atoms with E-state index >= 15 is 0 Å². The second-order valence-electron chi connectivity index (χ2n) is 6.44. The predicted molar refractivity (Wildman–Crippen MR) is 88.2 cm³/mol. The van der Waals surface area contributed by atoms with Gasteiger partial charge in [0.05, 0.1) is 12.2 Å². The quantitative estimate of drug-likeness (QED) is 0.848. The largest absolute Gasteiger partial charge is 0.485 e. The van der Waals surface area contributed by atoms with Gasteiger partial charge >= 0.3 is 0 Å². The minimum absolute atomic E-state index is 0.00178. The first-order chi connectivity index (χ1) is 11.7. The number of rotatable bonds is 2. The van der Waals surface area contributed by atoms with E-state index in [0.29, 0.717) is 18.0 Å². The van der Waals surface area contributed by atoms with Crippen molar-refractivity contribution in [2.75, 3.05) is 19.7 Å². The molecule has 1 aromatic carbocycles. The minimum atomic E-state index is -0.571. The molecule has 1 fully saturated rings. The summed E-state index contributed by atoms with van der Waals surface area (Å²) >= 11 is 0. The number of benzene rings is 1. The number of carbonyl (C=O) groups excluding carboxylic acids is 1. The van der Waals surface area contributed by atoms with Crippen molar-refractivity contribution in [1.29, 1.82) is 0 Å². The van der Waals surface area contributed by atoms with Crippen LogP contribution in [0.1, 0.15) is 24.4 Å². The first-order valence-electron chi connectivity index (χ1n) is 8.39. The molecule has 0 spiro atoms. The topological polar surface area (TPSA) is 56.6 Å². The zero-order chi connectivity index (χ0) is 16.5. The number of fused-ring (bicyclic) bond motifs is 1. The molecule has 0 radical (unpaired) electrons. The maximum absolute atomic E-state index is 12.8. The van der Waals surface area contributed by atoms with Crippen molar-refractivity contribution < 1.29 is 14.3 Å². The second-order valence-corrected chi connectivity index (χ2v) is 6.44. The molecule has 1 aromatic heterocycles. The van der Waals surface area contributed by atoms with E-state index in [4.69, 9.17) is 9.47 Å². The van der Waals surface area contributed by atoms with Crippen molar-refractivity contribution in [3.8, 4) is 11.5 Å². The van der Waals surface area contributed by atoms with Crippen molar-refractivity contribution in [3.63, 3.8) is 0 Å². The number of hydrogen-bond donors (Lipinski definition) is 0. The van der Waals surface area contributed by atoms with Crippen LogP contribution in [0.15, 0.2) is 36.7 Å². The van der Waals surface area contributed by atoms with Crippen molar-refractivity contribution in [1.82, 2.24) is 14.7 Å². The third-order valence-electron chi connectivity index (χ3n) is 4.60. The maximum atomic E-state index is 12.8. The minimum Gasteiger partial charge on any atom is -0.485 e. The number of hydrogen-bond acceptors (Lipinski definition) is 4. The average molecular weight is 327 g/mol. The van der Waals surface area contributed by atoms with E-state index in [2.05, 4.69) is 5.10 Å². The molecule has 2 atom stereocenters. The van der Waals surface area contributed by atoms with Gasteiger partial charge in [0.25, 0.3) is 5.91 Å². The number of amides is 1. The zero-order valence-electron chi connectivity index (χ0n) is 13.7. The van der Waals surface area contributed by atoms with Crippen LogP contribution in [0.2, 0.25) is 0 Å². The lowest BCUT2D eigenvalue weighted by Crippen LogP contribution is -2.50. The number of carbonyl (C=O) groups is 1. The summed E-state index contributed by atoms with van der Waals surface area (Å²) in [5, 5.41) is 4.40. The van der Waals surface area contributed by atoms with Gasteiger partial charge in [0, 0.05) is 19.3 Å². The lowest BCUT2D eigenvalue weighted by Gasteiger charge is -2.36. The zero-order valence-corrected chi connectivity index (χ0v) is 13.7. The normalized spacial score (nSPS) is 23.1. The molecule has 0 bridgehead atoms. The van der Waals surface area contributed by atoms with E-state index < -0.39 is 6.10 Å². The monoisotopic (exact) mass is 327 g/mol. The second kappa shape index (κ2) is 6.19. The van der Waals surface area contributed by atoms with Gasteiger partial charge in [-0.1, -0.05) is 12.1 Å². The van der Waals surface area contributed by atoms with Crippen molar-refractivity contribution in [2.45, 2.75) is 31.9 Å². The Morgan fingerprint density at radius 1 is 1.29 bits per heavy atom. The van der Waals surface area contributed by atoms with Crippen molar-refractivity contribution >= 4 is 5.91 Å². The van der Waals surface area contributed by atoms with E-state index in [9.17, 15) is 4.79 Å². The number of aryl methyl sites for hydroxylation is 1. The highest BCUT2D eigenvalue weighted by atomic mass is 16.6. The molecule has 0 unspecified atom stereocenters. The lowest BCUT2D eigenvalue weighted by atomic mass is 10.1. The van der Waals surface area contributed by atoms with E-state index in [-0.39, 0.29) is 18.6 Å². The van der Waals surface area contributed by atoms with Gasteiger partial charge in [-0.15, -0.1) is 0 Å². The van der Waals surface area contributed by atoms with Crippen LogP contribution in [-0.2, 0) is 4.79 Å². The van der Waals surface area contributed by atoms with Crippen LogP contribution in [0, 0.1) is 6.92 Å². The van der Waals surface area contributed by atoms with Crippen LogP contribution >= 0.6 is 0 Å². The van der Waals surface area contributed by atoms with Gasteiger partial charge in [0.1, 0.15) is 6.61 Å². The molecule has 1 saturated heterocycles. The van der Waals surface area contributed by atoms with Gasteiger partial charge in [-0.2, -0.15) is 5.10 Å². The van der Waals surface area contributed by atoms with Gasteiger partial charge in [-0.3, -0.25) is 9.48 Å². The third-order valence-corrected chi connectivity index (χ3v) is 4.60. The van der Waals surface area contributed by atoms with Crippen LogP contribution in [0.4, 0.5) is 0 Å². The van der Waals surface area contributed by atoms with Crippen LogP contribution in [0.25, 0.3) is 0 Å². The standard InChI is InChI=1S/C18H21N3O3/c1-13-9-19-21(10-13)14-5-4-8-20(11-14)18(22)17-12-23-15-6-2-3-7-16(15)24-17/h2-3,6-7,9-10,14,17H,4-5,8,11-12H2,1H3/t14-,17+/m0/s1. The summed E-state index contributed by atoms with van der Waals surface area (Å²) in [5.41, 5.74) is 1.14. The molecule has 1 amide bonds. The average Bonchev–Trinajstić information content (AvgIpc) is 3.07. The number of aromatic nitrogens is 2. The summed E-state index contributed by atoms with van der Waals surface area (Å²) < 4.78 is 13.5. The fraction of sp³-hybridized carbons (Fsp3) is 0.444. The molecule has 6 heteroatoms. The van der Waals surface area contributed by atoms with E-state index in [1.807, 2.05) is 53.2 Å². The number of ether oxygens (including phenoxy) is 2. The fourth-order valence-corrected chi connectivity index (χ4v) is 3.35. The van der Waals surface area contributed by atoms with E-state index in [1.54, 1.807) is 0 Å².